The van der Waals surface area contributed by atoms with Gasteiger partial charge in [0.05, 0.1) is 16.2 Å². The van der Waals surface area contributed by atoms with Gasteiger partial charge in [0.2, 0.25) is 0 Å². The van der Waals surface area contributed by atoms with Crippen molar-refractivity contribution in [2.45, 2.75) is 6.92 Å². The summed E-state index contributed by atoms with van der Waals surface area (Å²) in [5, 5.41) is 15.1. The van der Waals surface area contributed by atoms with Crippen molar-refractivity contribution in [3.63, 3.8) is 0 Å². The van der Waals surface area contributed by atoms with E-state index >= 15 is 0 Å². The molecule has 0 fully saturated rings. The summed E-state index contributed by atoms with van der Waals surface area (Å²) in [5.41, 5.74) is 8.46. The Bertz CT molecular complexity index is 773. The molecular formula is C13H11ClN4O3S. The molecule has 2 rings (SSSR count). The topological polar surface area (TPSA) is 107 Å². The summed E-state index contributed by atoms with van der Waals surface area (Å²) in [4.78, 5) is 10.5. The molecule has 3 N–H and O–H groups in total. The van der Waals surface area contributed by atoms with Gasteiger partial charge in [0.25, 0.3) is 5.69 Å². The second-order valence-electron chi connectivity index (χ2n) is 4.30. The maximum Gasteiger partial charge on any atom is 0.274 e. The number of benzene rings is 1. The van der Waals surface area contributed by atoms with E-state index in [0.717, 1.165) is 0 Å². The van der Waals surface area contributed by atoms with Crippen LogP contribution < -0.4 is 11.2 Å². The molecule has 0 amide bonds. The molecule has 0 aliphatic carbocycles. The zero-order chi connectivity index (χ0) is 16.3. The van der Waals surface area contributed by atoms with Gasteiger partial charge < -0.3 is 10.2 Å². The van der Waals surface area contributed by atoms with Gasteiger partial charge in [-0.05, 0) is 37.3 Å². The number of thiocarbonyl (C=S) groups is 1. The smallest absolute Gasteiger partial charge is 0.274 e. The van der Waals surface area contributed by atoms with E-state index in [1.807, 2.05) is 0 Å². The highest BCUT2D eigenvalue weighted by Crippen LogP contribution is 2.33. The van der Waals surface area contributed by atoms with Crippen LogP contribution in [0.3, 0.4) is 0 Å². The van der Waals surface area contributed by atoms with Crippen LogP contribution in [0.5, 0.6) is 0 Å². The minimum absolute atomic E-state index is 0.0315. The SMILES string of the molecule is Cc1c(Cl)cc(-c2ccc(/C=N/NC(N)=S)o2)cc1[N+](=O)[O-]. The fourth-order valence-electron chi connectivity index (χ4n) is 1.73. The van der Waals surface area contributed by atoms with Crippen LogP contribution in [0.2, 0.25) is 5.02 Å². The average molecular weight is 339 g/mol. The highest BCUT2D eigenvalue weighted by Gasteiger charge is 2.17. The summed E-state index contributed by atoms with van der Waals surface area (Å²) >= 11 is 10.6. The number of nitrogens with zero attached hydrogens (tertiary/aromatic N) is 2. The molecule has 0 saturated carbocycles. The number of nitro groups is 1. The number of hydrogen-bond donors (Lipinski definition) is 2. The summed E-state index contributed by atoms with van der Waals surface area (Å²) in [7, 11) is 0. The van der Waals surface area contributed by atoms with E-state index in [4.69, 9.17) is 21.8 Å². The van der Waals surface area contributed by atoms with Gasteiger partial charge in [0, 0.05) is 17.2 Å². The predicted molar refractivity (Wildman–Crippen MR) is 88.1 cm³/mol. The molecule has 1 aromatic heterocycles. The van der Waals surface area contributed by atoms with Crippen molar-refractivity contribution in [1.82, 2.24) is 5.43 Å². The van der Waals surface area contributed by atoms with Crippen LogP contribution in [0.15, 0.2) is 33.8 Å². The van der Waals surface area contributed by atoms with Gasteiger partial charge in [-0.25, -0.2) is 0 Å². The molecule has 0 unspecified atom stereocenters. The lowest BCUT2D eigenvalue weighted by Crippen LogP contribution is -2.23. The highest BCUT2D eigenvalue weighted by molar-refractivity contribution is 7.80. The van der Waals surface area contributed by atoms with Crippen molar-refractivity contribution >= 4 is 40.8 Å². The summed E-state index contributed by atoms with van der Waals surface area (Å²) < 4.78 is 5.53. The Labute approximate surface area is 135 Å². The first-order valence-electron chi connectivity index (χ1n) is 6.01. The van der Waals surface area contributed by atoms with Gasteiger partial charge in [0.1, 0.15) is 11.5 Å². The molecule has 2 aromatic rings. The molecule has 114 valence electrons. The number of hydrogen-bond acceptors (Lipinski definition) is 5. The molecule has 1 heterocycles. The third kappa shape index (κ3) is 3.60. The third-order valence-corrected chi connectivity index (χ3v) is 3.28. The Balaban J connectivity index is 2.33. The second-order valence-corrected chi connectivity index (χ2v) is 5.14. The molecule has 0 saturated heterocycles. The average Bonchev–Trinajstić information content (AvgIpc) is 2.89. The zero-order valence-corrected chi connectivity index (χ0v) is 12.9. The minimum Gasteiger partial charge on any atom is -0.455 e. The number of nitrogens with one attached hydrogen (secondary N) is 1. The van der Waals surface area contributed by atoms with Crippen molar-refractivity contribution in [3.05, 3.63) is 50.7 Å². The normalized spacial score (nSPS) is 10.8. The molecule has 9 heteroatoms. The minimum atomic E-state index is -0.484. The van der Waals surface area contributed by atoms with E-state index in [-0.39, 0.29) is 10.8 Å². The van der Waals surface area contributed by atoms with Gasteiger partial charge in [-0.2, -0.15) is 5.10 Å². The Morgan fingerprint density at radius 1 is 1.55 bits per heavy atom. The second kappa shape index (κ2) is 6.54. The van der Waals surface area contributed by atoms with Gasteiger partial charge in [0.15, 0.2) is 5.11 Å². The lowest BCUT2D eigenvalue weighted by Gasteiger charge is -2.03. The quantitative estimate of drug-likeness (QED) is 0.384. The first kappa shape index (κ1) is 15.9. The summed E-state index contributed by atoms with van der Waals surface area (Å²) in [6.45, 7) is 1.59. The van der Waals surface area contributed by atoms with E-state index in [1.165, 1.54) is 12.3 Å². The van der Waals surface area contributed by atoms with E-state index < -0.39 is 4.92 Å². The van der Waals surface area contributed by atoms with E-state index in [2.05, 4.69) is 22.7 Å². The van der Waals surface area contributed by atoms with Crippen molar-refractivity contribution in [1.29, 1.82) is 0 Å². The molecular weight excluding hydrogens is 328 g/mol. The Kier molecular flexibility index (Phi) is 4.74. The molecule has 0 radical (unpaired) electrons. The molecule has 0 aliphatic heterocycles. The van der Waals surface area contributed by atoms with E-state index in [9.17, 15) is 10.1 Å². The molecule has 0 spiro atoms. The fraction of sp³-hybridized carbons (Fsp3) is 0.0769. The Morgan fingerprint density at radius 3 is 2.91 bits per heavy atom. The van der Waals surface area contributed by atoms with Crippen LogP contribution in [0.25, 0.3) is 11.3 Å². The number of furan rings is 1. The van der Waals surface area contributed by atoms with E-state index in [0.29, 0.717) is 27.7 Å². The number of hydrazone groups is 1. The number of rotatable bonds is 4. The predicted octanol–water partition coefficient (Wildman–Crippen LogP) is 2.98. The van der Waals surface area contributed by atoms with Crippen molar-refractivity contribution < 1.29 is 9.34 Å². The molecule has 0 aliphatic rings. The molecule has 7 nitrogen and oxygen atoms in total. The van der Waals surface area contributed by atoms with Crippen LogP contribution in [0, 0.1) is 17.0 Å². The molecule has 1 aromatic carbocycles. The van der Waals surface area contributed by atoms with Crippen LogP contribution in [0.4, 0.5) is 5.69 Å². The first-order chi connectivity index (χ1) is 10.4. The Hall–Kier alpha value is -2.45. The largest absolute Gasteiger partial charge is 0.455 e. The molecule has 0 atom stereocenters. The summed E-state index contributed by atoms with van der Waals surface area (Å²) in [6.07, 6.45) is 1.38. The zero-order valence-electron chi connectivity index (χ0n) is 11.4. The lowest BCUT2D eigenvalue weighted by molar-refractivity contribution is -0.385. The lowest BCUT2D eigenvalue weighted by atomic mass is 10.1. The van der Waals surface area contributed by atoms with Gasteiger partial charge in [-0.1, -0.05) is 11.6 Å². The van der Waals surface area contributed by atoms with Crippen molar-refractivity contribution in [3.8, 4) is 11.3 Å². The number of halogens is 1. The highest BCUT2D eigenvalue weighted by atomic mass is 35.5. The summed E-state index contributed by atoms with van der Waals surface area (Å²) in [5.74, 6) is 0.861. The Morgan fingerprint density at radius 2 is 2.27 bits per heavy atom. The molecule has 22 heavy (non-hydrogen) atoms. The summed E-state index contributed by atoms with van der Waals surface area (Å²) in [6, 6.07) is 6.33. The van der Waals surface area contributed by atoms with Crippen molar-refractivity contribution in [2.24, 2.45) is 10.8 Å². The monoisotopic (exact) mass is 338 g/mol. The number of nitro benzene ring substituents is 1. The number of nitrogens with two attached hydrogens (primary N) is 1. The van der Waals surface area contributed by atoms with Crippen LogP contribution >= 0.6 is 23.8 Å². The third-order valence-electron chi connectivity index (χ3n) is 2.79. The van der Waals surface area contributed by atoms with Gasteiger partial charge >= 0.3 is 0 Å². The van der Waals surface area contributed by atoms with Gasteiger partial charge in [-0.15, -0.1) is 0 Å². The van der Waals surface area contributed by atoms with Crippen LogP contribution in [-0.2, 0) is 0 Å². The standard InChI is InChI=1S/C13H11ClN4O3S/c1-7-10(14)4-8(5-11(7)18(19)20)12-3-2-9(21-12)6-16-17-13(15)22/h2-6H,1H3,(H3,15,17,22)/b16-6+. The van der Waals surface area contributed by atoms with Crippen LogP contribution in [0.1, 0.15) is 11.3 Å². The van der Waals surface area contributed by atoms with Gasteiger partial charge in [-0.3, -0.25) is 15.5 Å². The van der Waals surface area contributed by atoms with E-state index in [1.54, 1.807) is 25.1 Å². The maximum absolute atomic E-state index is 11.0. The van der Waals surface area contributed by atoms with Crippen molar-refractivity contribution in [2.75, 3.05) is 0 Å². The first-order valence-corrected chi connectivity index (χ1v) is 6.80. The maximum atomic E-state index is 11.0. The fourth-order valence-corrected chi connectivity index (χ4v) is 2.00. The molecule has 0 bridgehead atoms. The van der Waals surface area contributed by atoms with Crippen LogP contribution in [-0.4, -0.2) is 16.3 Å².